The molecular weight excluding hydrogens is 167 g/mol. The molecular formula is C10H11FN2. The smallest absolute Gasteiger partial charge is 0.150 e. The maximum absolute atomic E-state index is 13.6. The minimum Gasteiger partial charge on any atom is -0.359 e. The molecule has 2 aromatic rings. The Morgan fingerprint density at radius 1 is 1.31 bits per heavy atom. The van der Waals surface area contributed by atoms with Crippen LogP contribution in [0.4, 0.5) is 4.39 Å². The lowest BCUT2D eigenvalue weighted by Gasteiger charge is -2.01. The fourth-order valence-corrected chi connectivity index (χ4v) is 1.48. The van der Waals surface area contributed by atoms with Gasteiger partial charge in [-0.15, -0.1) is 0 Å². The Morgan fingerprint density at radius 2 is 2.15 bits per heavy atom. The molecule has 13 heavy (non-hydrogen) atoms. The van der Waals surface area contributed by atoms with Crippen molar-refractivity contribution in [3.63, 3.8) is 0 Å². The summed E-state index contributed by atoms with van der Waals surface area (Å²) in [4.78, 5) is 2.87. The molecule has 0 unspecified atom stereocenters. The lowest BCUT2D eigenvalue weighted by molar-refractivity contribution is 0.619. The number of nitrogens with two attached hydrogens (primary N) is 1. The number of benzene rings is 1. The zero-order valence-corrected chi connectivity index (χ0v) is 7.18. The second-order valence-electron chi connectivity index (χ2n) is 3.02. The van der Waals surface area contributed by atoms with Crippen LogP contribution in [-0.2, 0) is 6.42 Å². The zero-order chi connectivity index (χ0) is 9.26. The summed E-state index contributed by atoms with van der Waals surface area (Å²) in [6.45, 7) is 0.475. The quantitative estimate of drug-likeness (QED) is 0.723. The van der Waals surface area contributed by atoms with Crippen LogP contribution in [0.5, 0.6) is 0 Å². The Hall–Kier alpha value is -1.35. The van der Waals surface area contributed by atoms with Gasteiger partial charge in [-0.2, -0.15) is 0 Å². The number of nitrogens with one attached hydrogen (secondary N) is 1. The minimum absolute atomic E-state index is 0.173. The normalized spacial score (nSPS) is 10.9. The van der Waals surface area contributed by atoms with Crippen molar-refractivity contribution in [3.05, 3.63) is 35.8 Å². The summed E-state index contributed by atoms with van der Waals surface area (Å²) >= 11 is 0. The van der Waals surface area contributed by atoms with Gasteiger partial charge in [-0.1, -0.05) is 12.1 Å². The fraction of sp³-hybridized carbons (Fsp3) is 0.200. The van der Waals surface area contributed by atoms with Crippen LogP contribution < -0.4 is 5.73 Å². The number of rotatable bonds is 2. The second-order valence-corrected chi connectivity index (χ2v) is 3.02. The minimum atomic E-state index is -0.173. The summed E-state index contributed by atoms with van der Waals surface area (Å²) in [6.07, 6.45) is 2.32. The molecule has 0 aliphatic carbocycles. The molecule has 0 aliphatic rings. The monoisotopic (exact) mass is 178 g/mol. The van der Waals surface area contributed by atoms with E-state index in [0.717, 1.165) is 5.39 Å². The van der Waals surface area contributed by atoms with Gasteiger partial charge >= 0.3 is 0 Å². The number of aromatic amines is 1. The van der Waals surface area contributed by atoms with Gasteiger partial charge in [-0.3, -0.25) is 0 Å². The van der Waals surface area contributed by atoms with E-state index in [0.29, 0.717) is 24.0 Å². The summed E-state index contributed by atoms with van der Waals surface area (Å²) < 4.78 is 13.6. The van der Waals surface area contributed by atoms with E-state index in [1.165, 1.54) is 0 Å². The van der Waals surface area contributed by atoms with Crippen molar-refractivity contribution in [2.75, 3.05) is 6.54 Å². The summed E-state index contributed by atoms with van der Waals surface area (Å²) in [5, 5.41) is 0.901. The fourth-order valence-electron chi connectivity index (χ4n) is 1.48. The van der Waals surface area contributed by atoms with Crippen LogP contribution in [-0.4, -0.2) is 11.5 Å². The van der Waals surface area contributed by atoms with E-state index < -0.39 is 0 Å². The van der Waals surface area contributed by atoms with Gasteiger partial charge in [-0.25, -0.2) is 4.39 Å². The summed E-state index contributed by atoms with van der Waals surface area (Å²) in [6, 6.07) is 5.54. The third-order valence-corrected chi connectivity index (χ3v) is 2.16. The largest absolute Gasteiger partial charge is 0.359 e. The molecule has 0 atom stereocenters. The van der Waals surface area contributed by atoms with E-state index >= 15 is 0 Å². The van der Waals surface area contributed by atoms with Crippen LogP contribution in [0.2, 0.25) is 0 Å². The number of hydrogen-bond donors (Lipinski definition) is 2. The molecule has 3 heteroatoms. The summed E-state index contributed by atoms with van der Waals surface area (Å²) in [5.74, 6) is -0.173. The number of halogens is 1. The molecule has 0 radical (unpaired) electrons. The summed E-state index contributed by atoms with van der Waals surface area (Å²) in [7, 11) is 0. The Morgan fingerprint density at radius 3 is 2.92 bits per heavy atom. The lowest BCUT2D eigenvalue weighted by atomic mass is 10.1. The molecule has 68 valence electrons. The molecule has 2 rings (SSSR count). The van der Waals surface area contributed by atoms with Crippen LogP contribution in [0.1, 0.15) is 5.56 Å². The Balaban J connectivity index is 2.59. The molecule has 0 saturated carbocycles. The van der Waals surface area contributed by atoms with Crippen LogP contribution in [0.25, 0.3) is 10.9 Å². The first-order valence-electron chi connectivity index (χ1n) is 4.27. The van der Waals surface area contributed by atoms with Gasteiger partial charge < -0.3 is 10.7 Å². The highest BCUT2D eigenvalue weighted by Crippen LogP contribution is 2.19. The number of H-pyrrole nitrogens is 1. The van der Waals surface area contributed by atoms with E-state index in [1.54, 1.807) is 12.3 Å². The first-order chi connectivity index (χ1) is 6.33. The average molecular weight is 178 g/mol. The second kappa shape index (κ2) is 3.18. The number of hydrogen-bond acceptors (Lipinski definition) is 1. The molecule has 0 amide bonds. The van der Waals surface area contributed by atoms with E-state index in [2.05, 4.69) is 4.98 Å². The lowest BCUT2D eigenvalue weighted by Crippen LogP contribution is -2.04. The molecule has 0 aliphatic heterocycles. The Labute approximate surface area is 75.6 Å². The van der Waals surface area contributed by atoms with Crippen molar-refractivity contribution in [3.8, 4) is 0 Å². The maximum Gasteiger partial charge on any atom is 0.150 e. The molecule has 0 fully saturated rings. The van der Waals surface area contributed by atoms with E-state index in [-0.39, 0.29) is 5.82 Å². The molecule has 0 bridgehead atoms. The third kappa shape index (κ3) is 1.31. The highest BCUT2D eigenvalue weighted by Gasteiger charge is 2.06. The first kappa shape index (κ1) is 8.26. The van der Waals surface area contributed by atoms with Gasteiger partial charge in [0.15, 0.2) is 0 Å². The zero-order valence-electron chi connectivity index (χ0n) is 7.18. The highest BCUT2D eigenvalue weighted by molar-refractivity contribution is 5.80. The van der Waals surface area contributed by atoms with Crippen molar-refractivity contribution < 1.29 is 4.39 Å². The summed E-state index contributed by atoms with van der Waals surface area (Å²) in [5.41, 5.74) is 6.63. The highest BCUT2D eigenvalue weighted by atomic mass is 19.1. The molecule has 0 saturated heterocycles. The van der Waals surface area contributed by atoms with Crippen LogP contribution >= 0.6 is 0 Å². The van der Waals surface area contributed by atoms with Crippen molar-refractivity contribution in [1.29, 1.82) is 0 Å². The van der Waals surface area contributed by atoms with Gasteiger partial charge in [0.25, 0.3) is 0 Å². The molecule has 1 heterocycles. The Kier molecular flexibility index (Phi) is 2.02. The van der Waals surface area contributed by atoms with Gasteiger partial charge in [0.1, 0.15) is 5.82 Å². The van der Waals surface area contributed by atoms with E-state index in [9.17, 15) is 4.39 Å². The van der Waals surface area contributed by atoms with Crippen molar-refractivity contribution in [2.24, 2.45) is 5.73 Å². The van der Waals surface area contributed by atoms with Crippen LogP contribution in [0, 0.1) is 5.82 Å². The van der Waals surface area contributed by atoms with E-state index in [4.69, 9.17) is 5.73 Å². The standard InChI is InChI=1S/C10H11FN2/c11-9-7(3-5-12)1-2-8-4-6-13-10(8)9/h1-2,4,6,13H,3,5,12H2. The number of aromatic nitrogens is 1. The van der Waals surface area contributed by atoms with Gasteiger partial charge in [0.05, 0.1) is 5.52 Å². The molecule has 1 aromatic carbocycles. The SMILES string of the molecule is NCCc1ccc2cc[nH]c2c1F. The predicted octanol–water partition coefficient (Wildman–Crippen LogP) is 1.81. The van der Waals surface area contributed by atoms with Crippen molar-refractivity contribution in [2.45, 2.75) is 6.42 Å². The van der Waals surface area contributed by atoms with Gasteiger partial charge in [0, 0.05) is 11.6 Å². The van der Waals surface area contributed by atoms with Crippen LogP contribution in [0.3, 0.4) is 0 Å². The third-order valence-electron chi connectivity index (χ3n) is 2.16. The molecule has 3 N–H and O–H groups in total. The molecule has 1 aromatic heterocycles. The average Bonchev–Trinajstić information content (AvgIpc) is 2.58. The Bertz CT molecular complexity index is 420. The molecule has 0 spiro atoms. The van der Waals surface area contributed by atoms with Gasteiger partial charge in [-0.05, 0) is 24.6 Å². The number of fused-ring (bicyclic) bond motifs is 1. The maximum atomic E-state index is 13.6. The van der Waals surface area contributed by atoms with E-state index in [1.807, 2.05) is 12.1 Å². The van der Waals surface area contributed by atoms with Crippen molar-refractivity contribution >= 4 is 10.9 Å². The van der Waals surface area contributed by atoms with Crippen LogP contribution in [0.15, 0.2) is 24.4 Å². The van der Waals surface area contributed by atoms with Gasteiger partial charge in [0.2, 0.25) is 0 Å². The van der Waals surface area contributed by atoms with Crippen molar-refractivity contribution in [1.82, 2.24) is 4.98 Å². The topological polar surface area (TPSA) is 41.8 Å². The molecule has 2 nitrogen and oxygen atoms in total. The first-order valence-corrected chi connectivity index (χ1v) is 4.27. The predicted molar refractivity (Wildman–Crippen MR) is 51.0 cm³/mol.